The topological polar surface area (TPSA) is 4.93 Å². The highest BCUT2D eigenvalue weighted by molar-refractivity contribution is 7.25. The minimum atomic E-state index is 0.638. The van der Waals surface area contributed by atoms with Gasteiger partial charge in [-0.15, -0.1) is 22.7 Å². The van der Waals surface area contributed by atoms with Gasteiger partial charge in [-0.25, -0.2) is 0 Å². The zero-order valence-corrected chi connectivity index (χ0v) is 23.2. The van der Waals surface area contributed by atoms with E-state index in [1.165, 1.54) is 84.6 Å². The van der Waals surface area contributed by atoms with Gasteiger partial charge in [0, 0.05) is 6.04 Å². The first kappa shape index (κ1) is 25.8. The van der Waals surface area contributed by atoms with Crippen LogP contribution in [0.2, 0.25) is 0 Å². The van der Waals surface area contributed by atoms with Gasteiger partial charge in [-0.05, 0) is 72.2 Å². The van der Waals surface area contributed by atoms with Gasteiger partial charge in [0.05, 0.1) is 20.4 Å². The van der Waals surface area contributed by atoms with E-state index in [1.54, 1.807) is 0 Å². The molecule has 0 aliphatic heterocycles. The van der Waals surface area contributed by atoms with Crippen LogP contribution in [-0.2, 0) is 0 Å². The molecule has 0 saturated heterocycles. The van der Waals surface area contributed by atoms with Gasteiger partial charge in [0.1, 0.15) is 0 Å². The van der Waals surface area contributed by atoms with Crippen LogP contribution in [0.3, 0.4) is 0 Å². The zero-order chi connectivity index (χ0) is 23.1. The Hall–Kier alpha value is -0.800. The predicted octanol–water partition coefficient (Wildman–Crippen LogP) is 10.9. The summed E-state index contributed by atoms with van der Waals surface area (Å²) in [6, 6.07) is 5.38. The molecule has 0 amide bonds. The Morgan fingerprint density at radius 1 is 0.594 bits per heavy atom. The van der Waals surface area contributed by atoms with E-state index in [0.29, 0.717) is 6.04 Å². The Labute approximate surface area is 205 Å². The van der Waals surface area contributed by atoms with Crippen LogP contribution in [0.25, 0.3) is 20.4 Å². The molecule has 3 heterocycles. The molecule has 3 rings (SSSR count). The maximum atomic E-state index is 2.74. The van der Waals surface area contributed by atoms with Crippen LogP contribution in [0, 0.1) is 23.7 Å². The van der Waals surface area contributed by atoms with Gasteiger partial charge < -0.3 is 4.57 Å². The van der Waals surface area contributed by atoms with Crippen molar-refractivity contribution in [3.05, 3.63) is 22.9 Å². The highest BCUT2D eigenvalue weighted by Crippen LogP contribution is 2.41. The molecule has 3 aromatic rings. The lowest BCUT2D eigenvalue weighted by molar-refractivity contribution is 0.338. The summed E-state index contributed by atoms with van der Waals surface area (Å²) < 4.78 is 5.75. The maximum absolute atomic E-state index is 2.74. The fraction of sp³-hybridized carbons (Fsp3) is 0.724. The lowest BCUT2D eigenvalue weighted by Gasteiger charge is -2.24. The summed E-state index contributed by atoms with van der Waals surface area (Å²) in [4.78, 5) is 0. The Bertz CT molecular complexity index is 840. The summed E-state index contributed by atoms with van der Waals surface area (Å²) in [6.45, 7) is 14.4. The Morgan fingerprint density at radius 3 is 1.44 bits per heavy atom. The lowest BCUT2D eigenvalue weighted by Crippen LogP contribution is -2.12. The van der Waals surface area contributed by atoms with Gasteiger partial charge in [-0.2, -0.15) is 0 Å². The summed E-state index contributed by atoms with van der Waals surface area (Å²) in [6.07, 6.45) is 13.7. The van der Waals surface area contributed by atoms with Crippen molar-refractivity contribution in [3.8, 4) is 0 Å². The average Bonchev–Trinajstić information content (AvgIpc) is 3.42. The summed E-state index contributed by atoms with van der Waals surface area (Å²) in [7, 11) is 0. The number of fused-ring (bicyclic) bond motifs is 3. The fourth-order valence-corrected chi connectivity index (χ4v) is 7.19. The fourth-order valence-electron chi connectivity index (χ4n) is 5.24. The second-order valence-electron chi connectivity index (χ2n) is 11.3. The van der Waals surface area contributed by atoms with Crippen LogP contribution in [0.5, 0.6) is 0 Å². The van der Waals surface area contributed by atoms with Gasteiger partial charge in [0.15, 0.2) is 0 Å². The van der Waals surface area contributed by atoms with Crippen LogP contribution in [0.1, 0.15) is 112 Å². The smallest absolute Gasteiger partial charge is 0.0700 e. The molecule has 0 aromatic carbocycles. The predicted molar refractivity (Wildman–Crippen MR) is 148 cm³/mol. The van der Waals surface area contributed by atoms with E-state index >= 15 is 0 Å². The minimum Gasteiger partial charge on any atom is -0.336 e. The van der Waals surface area contributed by atoms with Crippen molar-refractivity contribution in [2.24, 2.45) is 23.7 Å². The maximum Gasteiger partial charge on any atom is 0.0700 e. The molecule has 2 atom stereocenters. The third-order valence-corrected chi connectivity index (χ3v) is 9.29. The van der Waals surface area contributed by atoms with Crippen LogP contribution >= 0.6 is 22.7 Å². The highest BCUT2D eigenvalue weighted by Gasteiger charge is 2.21. The van der Waals surface area contributed by atoms with Crippen molar-refractivity contribution in [3.63, 3.8) is 0 Å². The Kier molecular flexibility index (Phi) is 10.2. The first-order chi connectivity index (χ1) is 15.4. The van der Waals surface area contributed by atoms with E-state index in [-0.39, 0.29) is 0 Å². The Balaban J connectivity index is 1.68. The van der Waals surface area contributed by atoms with Crippen molar-refractivity contribution in [1.29, 1.82) is 0 Å². The molecule has 180 valence electrons. The summed E-state index contributed by atoms with van der Waals surface area (Å²) in [5, 5.41) is 4.58. The largest absolute Gasteiger partial charge is 0.336 e. The van der Waals surface area contributed by atoms with Gasteiger partial charge in [-0.3, -0.25) is 0 Å². The monoisotopic (exact) mass is 473 g/mol. The molecule has 1 nitrogen and oxygen atoms in total. The molecule has 0 radical (unpaired) electrons. The van der Waals surface area contributed by atoms with E-state index in [1.807, 2.05) is 22.7 Å². The van der Waals surface area contributed by atoms with Crippen LogP contribution in [0.4, 0.5) is 0 Å². The SMILES string of the molecule is CC(C)CCC[C@H](C)CCC(CC[C@@H](C)CCCC(C)C)n1c2ccsc2c2sccc21. The number of thiophene rings is 2. The lowest BCUT2D eigenvalue weighted by atomic mass is 9.90. The van der Waals surface area contributed by atoms with Crippen LogP contribution in [-0.4, -0.2) is 4.57 Å². The molecule has 32 heavy (non-hydrogen) atoms. The highest BCUT2D eigenvalue weighted by atomic mass is 32.1. The molecule has 0 bridgehead atoms. The van der Waals surface area contributed by atoms with E-state index in [0.717, 1.165) is 23.7 Å². The van der Waals surface area contributed by atoms with E-state index in [2.05, 4.69) is 69.0 Å². The molecule has 0 aliphatic rings. The van der Waals surface area contributed by atoms with E-state index in [9.17, 15) is 0 Å². The van der Waals surface area contributed by atoms with Crippen molar-refractivity contribution in [1.82, 2.24) is 4.57 Å². The number of hydrogen-bond acceptors (Lipinski definition) is 2. The summed E-state index contributed by atoms with van der Waals surface area (Å²) in [5.74, 6) is 3.36. The third kappa shape index (κ3) is 7.10. The molecule has 3 heteroatoms. The third-order valence-electron chi connectivity index (χ3n) is 7.32. The van der Waals surface area contributed by atoms with Crippen molar-refractivity contribution in [2.45, 2.75) is 112 Å². The molecule has 0 saturated carbocycles. The van der Waals surface area contributed by atoms with Crippen molar-refractivity contribution < 1.29 is 0 Å². The average molecular weight is 474 g/mol. The first-order valence-corrected chi connectivity index (χ1v) is 15.1. The van der Waals surface area contributed by atoms with Gasteiger partial charge in [-0.1, -0.05) is 80.1 Å². The molecule has 0 fully saturated rings. The number of nitrogens with zero attached hydrogens (tertiary/aromatic N) is 1. The summed E-state index contributed by atoms with van der Waals surface area (Å²) in [5.41, 5.74) is 2.98. The molecular weight excluding hydrogens is 426 g/mol. The molecule has 0 unspecified atom stereocenters. The van der Waals surface area contributed by atoms with Gasteiger partial charge >= 0.3 is 0 Å². The van der Waals surface area contributed by atoms with Crippen LogP contribution < -0.4 is 0 Å². The molecule has 0 aliphatic carbocycles. The number of rotatable bonds is 15. The molecular formula is C29H47NS2. The second-order valence-corrected chi connectivity index (χ2v) is 13.1. The normalized spacial score (nSPS) is 14.5. The second kappa shape index (κ2) is 12.6. The van der Waals surface area contributed by atoms with E-state index in [4.69, 9.17) is 0 Å². The van der Waals surface area contributed by atoms with Gasteiger partial charge in [0.2, 0.25) is 0 Å². The van der Waals surface area contributed by atoms with Crippen molar-refractivity contribution >= 4 is 43.1 Å². The standard InChI is InChI=1S/C29H47NS2/c1-21(2)9-7-11-23(5)13-15-25(16-14-24(6)12-8-10-22(3)4)30-26-17-19-31-28(26)29-27(30)18-20-32-29/h17-25H,7-16H2,1-6H3/t23-,24-/m0/s1. The van der Waals surface area contributed by atoms with E-state index < -0.39 is 0 Å². The van der Waals surface area contributed by atoms with Crippen molar-refractivity contribution in [2.75, 3.05) is 0 Å². The molecule has 0 spiro atoms. The minimum absolute atomic E-state index is 0.638. The number of hydrogen-bond donors (Lipinski definition) is 0. The Morgan fingerprint density at radius 2 is 1.03 bits per heavy atom. The van der Waals surface area contributed by atoms with Crippen LogP contribution in [0.15, 0.2) is 22.9 Å². The molecule has 0 N–H and O–H groups in total. The summed E-state index contributed by atoms with van der Waals surface area (Å²) >= 11 is 3.85. The molecule has 3 aromatic heterocycles. The van der Waals surface area contributed by atoms with Gasteiger partial charge in [0.25, 0.3) is 0 Å². The quantitative estimate of drug-likeness (QED) is 0.207. The number of aromatic nitrogens is 1. The zero-order valence-electron chi connectivity index (χ0n) is 21.5. The first-order valence-electron chi connectivity index (χ1n) is 13.3.